The van der Waals surface area contributed by atoms with Crippen molar-refractivity contribution in [2.45, 2.75) is 20.3 Å². The molecule has 1 aromatic rings. The zero-order chi connectivity index (χ0) is 11.0. The predicted molar refractivity (Wildman–Crippen MR) is 58.7 cm³/mol. The van der Waals surface area contributed by atoms with E-state index in [-0.39, 0.29) is 11.6 Å². The molecule has 0 saturated heterocycles. The maximum atomic E-state index is 11.7. The number of carbonyl (C=O) groups excluding carboxylic acids is 2. The Balaban J connectivity index is 2.64. The van der Waals surface area contributed by atoms with Gasteiger partial charge in [0.15, 0.2) is 11.6 Å². The van der Waals surface area contributed by atoms with Gasteiger partial charge in [-0.3, -0.25) is 9.59 Å². The molecule has 0 unspecified atom stereocenters. The number of Topliss-reactive ketones (excluding diaryl/α,β-unsaturated/α-hetero) is 2. The topological polar surface area (TPSA) is 34.1 Å². The minimum absolute atomic E-state index is 0.0366. The summed E-state index contributed by atoms with van der Waals surface area (Å²) in [6.45, 7) is 3.32. The van der Waals surface area contributed by atoms with Crippen LogP contribution in [0, 0.1) is 0 Å². The van der Waals surface area contributed by atoms with Crippen molar-refractivity contribution in [2.75, 3.05) is 0 Å². The lowest BCUT2D eigenvalue weighted by atomic mass is 10.0. The van der Waals surface area contributed by atoms with Crippen molar-refractivity contribution < 1.29 is 9.59 Å². The first-order chi connectivity index (χ1) is 7.11. The van der Waals surface area contributed by atoms with E-state index >= 15 is 0 Å². The van der Waals surface area contributed by atoms with Gasteiger partial charge in [0.2, 0.25) is 0 Å². The standard InChI is InChI=1S/C13H12O2/c1-8(9(2)14)12-7-13(15)11-6-4-3-5-10(11)12/h3-6H,7H2,1-2H3/b12-8+. The largest absolute Gasteiger partial charge is 0.295 e. The molecule has 0 N–H and O–H groups in total. The number of carbonyl (C=O) groups is 2. The van der Waals surface area contributed by atoms with Crippen molar-refractivity contribution in [2.24, 2.45) is 0 Å². The van der Waals surface area contributed by atoms with Crippen LogP contribution in [0.5, 0.6) is 0 Å². The van der Waals surface area contributed by atoms with Crippen LogP contribution in [-0.2, 0) is 4.79 Å². The van der Waals surface area contributed by atoms with E-state index in [1.165, 1.54) is 6.92 Å². The van der Waals surface area contributed by atoms with Gasteiger partial charge < -0.3 is 0 Å². The van der Waals surface area contributed by atoms with Crippen LogP contribution in [0.3, 0.4) is 0 Å². The van der Waals surface area contributed by atoms with Crippen LogP contribution in [0.1, 0.15) is 36.2 Å². The number of hydrogen-bond acceptors (Lipinski definition) is 2. The van der Waals surface area contributed by atoms with E-state index in [0.29, 0.717) is 12.0 Å². The van der Waals surface area contributed by atoms with Crippen molar-refractivity contribution in [3.8, 4) is 0 Å². The third kappa shape index (κ3) is 1.52. The van der Waals surface area contributed by atoms with Gasteiger partial charge in [-0.05, 0) is 30.6 Å². The third-order valence-corrected chi connectivity index (χ3v) is 2.87. The molecule has 0 heterocycles. The van der Waals surface area contributed by atoms with Gasteiger partial charge >= 0.3 is 0 Å². The fraction of sp³-hybridized carbons (Fsp3) is 0.231. The summed E-state index contributed by atoms with van der Waals surface area (Å²) in [5.41, 5.74) is 3.26. The Morgan fingerprint density at radius 3 is 2.33 bits per heavy atom. The van der Waals surface area contributed by atoms with Gasteiger partial charge in [0.1, 0.15) is 0 Å². The van der Waals surface area contributed by atoms with Crippen LogP contribution in [0.25, 0.3) is 5.57 Å². The van der Waals surface area contributed by atoms with E-state index in [9.17, 15) is 9.59 Å². The second-order valence-corrected chi connectivity index (χ2v) is 3.81. The second-order valence-electron chi connectivity index (χ2n) is 3.81. The molecule has 0 aliphatic heterocycles. The second kappa shape index (κ2) is 3.46. The number of ketones is 2. The molecule has 0 amide bonds. The van der Waals surface area contributed by atoms with Gasteiger partial charge in [-0.25, -0.2) is 0 Å². The first-order valence-electron chi connectivity index (χ1n) is 4.94. The molecular weight excluding hydrogens is 188 g/mol. The smallest absolute Gasteiger partial charge is 0.167 e. The highest BCUT2D eigenvalue weighted by atomic mass is 16.1. The maximum Gasteiger partial charge on any atom is 0.167 e. The number of rotatable bonds is 1. The molecule has 0 spiro atoms. The predicted octanol–water partition coefficient (Wildman–Crippen LogP) is 2.64. The Hall–Kier alpha value is -1.70. The molecule has 0 bridgehead atoms. The first kappa shape index (κ1) is 9.84. The van der Waals surface area contributed by atoms with Gasteiger partial charge in [0, 0.05) is 12.0 Å². The van der Waals surface area contributed by atoms with Crippen molar-refractivity contribution in [1.29, 1.82) is 0 Å². The fourth-order valence-electron chi connectivity index (χ4n) is 1.89. The summed E-state index contributed by atoms with van der Waals surface area (Å²) in [6.07, 6.45) is 0.366. The molecule has 2 rings (SSSR count). The van der Waals surface area contributed by atoms with E-state index in [2.05, 4.69) is 0 Å². The average Bonchev–Trinajstić information content (AvgIpc) is 2.56. The Morgan fingerprint density at radius 2 is 1.73 bits per heavy atom. The van der Waals surface area contributed by atoms with E-state index in [1.807, 2.05) is 24.3 Å². The summed E-state index contributed by atoms with van der Waals surface area (Å²) < 4.78 is 0. The lowest BCUT2D eigenvalue weighted by Gasteiger charge is -2.02. The average molecular weight is 200 g/mol. The maximum absolute atomic E-state index is 11.7. The minimum Gasteiger partial charge on any atom is -0.295 e. The normalized spacial score (nSPS) is 17.6. The monoisotopic (exact) mass is 200 g/mol. The number of benzene rings is 1. The lowest BCUT2D eigenvalue weighted by Crippen LogP contribution is -1.95. The van der Waals surface area contributed by atoms with Gasteiger partial charge in [-0.15, -0.1) is 0 Å². The van der Waals surface area contributed by atoms with Gasteiger partial charge in [-0.2, -0.15) is 0 Å². The van der Waals surface area contributed by atoms with Gasteiger partial charge in [0.25, 0.3) is 0 Å². The van der Waals surface area contributed by atoms with Gasteiger partial charge in [0.05, 0.1) is 0 Å². The zero-order valence-corrected chi connectivity index (χ0v) is 8.83. The summed E-state index contributed by atoms with van der Waals surface area (Å²) in [6, 6.07) is 7.47. The van der Waals surface area contributed by atoms with E-state index in [1.54, 1.807) is 6.92 Å². The SMILES string of the molecule is CC(=O)/C(C)=C1\CC(=O)c2ccccc21. The summed E-state index contributed by atoms with van der Waals surface area (Å²) in [5, 5.41) is 0. The third-order valence-electron chi connectivity index (χ3n) is 2.87. The zero-order valence-electron chi connectivity index (χ0n) is 8.83. The molecule has 1 aliphatic carbocycles. The molecule has 2 heteroatoms. The highest BCUT2D eigenvalue weighted by Gasteiger charge is 2.25. The molecule has 0 radical (unpaired) electrons. The lowest BCUT2D eigenvalue weighted by molar-refractivity contribution is -0.113. The quantitative estimate of drug-likeness (QED) is 0.653. The molecule has 15 heavy (non-hydrogen) atoms. The van der Waals surface area contributed by atoms with Crippen LogP contribution in [-0.4, -0.2) is 11.6 Å². The van der Waals surface area contributed by atoms with Gasteiger partial charge in [-0.1, -0.05) is 24.3 Å². The molecule has 1 aromatic carbocycles. The van der Waals surface area contributed by atoms with Crippen LogP contribution >= 0.6 is 0 Å². The molecule has 2 nitrogen and oxygen atoms in total. The summed E-state index contributed by atoms with van der Waals surface area (Å²) in [4.78, 5) is 22.9. The fourth-order valence-corrected chi connectivity index (χ4v) is 1.89. The van der Waals surface area contributed by atoms with Crippen LogP contribution < -0.4 is 0 Å². The molecule has 0 fully saturated rings. The number of allylic oxidation sites excluding steroid dienone is 2. The van der Waals surface area contributed by atoms with Crippen molar-refractivity contribution >= 4 is 17.1 Å². The van der Waals surface area contributed by atoms with E-state index < -0.39 is 0 Å². The Kier molecular flexibility index (Phi) is 2.27. The van der Waals surface area contributed by atoms with Crippen LogP contribution in [0.4, 0.5) is 0 Å². The van der Waals surface area contributed by atoms with E-state index in [4.69, 9.17) is 0 Å². The minimum atomic E-state index is 0.0366. The number of fused-ring (bicyclic) bond motifs is 1. The number of hydrogen-bond donors (Lipinski definition) is 0. The van der Waals surface area contributed by atoms with Crippen LogP contribution in [0.15, 0.2) is 29.8 Å². The molecule has 76 valence electrons. The highest BCUT2D eigenvalue weighted by Crippen LogP contribution is 2.34. The summed E-state index contributed by atoms with van der Waals surface area (Å²) in [7, 11) is 0. The Morgan fingerprint density at radius 1 is 1.13 bits per heavy atom. The Labute approximate surface area is 88.6 Å². The van der Waals surface area contributed by atoms with E-state index in [0.717, 1.165) is 16.7 Å². The molecular formula is C13H12O2. The first-order valence-corrected chi connectivity index (χ1v) is 4.94. The highest BCUT2D eigenvalue weighted by molar-refractivity contribution is 6.16. The summed E-state index contributed by atoms with van der Waals surface area (Å²) in [5.74, 6) is 0.149. The molecule has 0 atom stereocenters. The van der Waals surface area contributed by atoms with Crippen molar-refractivity contribution in [1.82, 2.24) is 0 Å². The molecule has 0 aromatic heterocycles. The van der Waals surface area contributed by atoms with Crippen molar-refractivity contribution in [3.63, 3.8) is 0 Å². The molecule has 1 aliphatic rings. The summed E-state index contributed by atoms with van der Waals surface area (Å²) >= 11 is 0. The molecule has 0 saturated carbocycles. The Bertz CT molecular complexity index is 481. The van der Waals surface area contributed by atoms with Crippen LogP contribution in [0.2, 0.25) is 0 Å². The van der Waals surface area contributed by atoms with Crippen molar-refractivity contribution in [3.05, 3.63) is 41.0 Å².